The minimum absolute atomic E-state index is 0.00505. The first-order chi connectivity index (χ1) is 15.8. The van der Waals surface area contributed by atoms with E-state index in [2.05, 4.69) is 5.32 Å². The molecule has 1 amide bonds. The summed E-state index contributed by atoms with van der Waals surface area (Å²) in [4.78, 5) is 13.0. The largest absolute Gasteiger partial charge is 0.324 e. The Morgan fingerprint density at radius 3 is 2.09 bits per heavy atom. The fraction of sp³-hybridized carbons (Fsp3) is 0.0800. The molecule has 4 aromatic carbocycles. The fourth-order valence-electron chi connectivity index (χ4n) is 3.46. The lowest BCUT2D eigenvalue weighted by molar-refractivity contribution is -0.116. The van der Waals surface area contributed by atoms with Crippen molar-refractivity contribution in [3.8, 4) is 0 Å². The molecule has 168 valence electrons. The maximum absolute atomic E-state index is 13.4. The highest BCUT2D eigenvalue weighted by molar-refractivity contribution is 7.89. The molecule has 0 atom stereocenters. The normalized spacial score (nSPS) is 11.6. The van der Waals surface area contributed by atoms with Crippen LogP contribution in [0.5, 0.6) is 0 Å². The van der Waals surface area contributed by atoms with Gasteiger partial charge in [-0.15, -0.1) is 0 Å². The first-order valence-electron chi connectivity index (χ1n) is 10.1. The molecule has 5 nitrogen and oxygen atoms in total. The number of anilines is 1. The van der Waals surface area contributed by atoms with Crippen LogP contribution in [-0.2, 0) is 21.4 Å². The second-order valence-electron chi connectivity index (χ2n) is 7.43. The Kier molecular flexibility index (Phi) is 7.00. The molecule has 0 aliphatic carbocycles. The van der Waals surface area contributed by atoms with Crippen LogP contribution in [0.15, 0.2) is 95.9 Å². The summed E-state index contributed by atoms with van der Waals surface area (Å²) in [6.45, 7) is -0.359. The van der Waals surface area contributed by atoms with Crippen molar-refractivity contribution in [1.82, 2.24) is 4.31 Å². The van der Waals surface area contributed by atoms with E-state index >= 15 is 0 Å². The Morgan fingerprint density at radius 2 is 1.39 bits per heavy atom. The molecule has 0 aliphatic rings. The molecule has 0 unspecified atom stereocenters. The van der Waals surface area contributed by atoms with E-state index in [1.165, 1.54) is 24.3 Å². The van der Waals surface area contributed by atoms with Crippen LogP contribution >= 0.6 is 23.2 Å². The lowest BCUT2D eigenvalue weighted by Gasteiger charge is -2.22. The predicted molar refractivity (Wildman–Crippen MR) is 133 cm³/mol. The van der Waals surface area contributed by atoms with Gasteiger partial charge in [-0.05, 0) is 53.4 Å². The highest BCUT2D eigenvalue weighted by atomic mass is 35.5. The Bertz CT molecular complexity index is 1380. The molecule has 0 fully saturated rings. The molecule has 0 bridgehead atoms. The van der Waals surface area contributed by atoms with Gasteiger partial charge in [0, 0.05) is 27.7 Å². The van der Waals surface area contributed by atoms with Gasteiger partial charge in [0.05, 0.1) is 11.4 Å². The predicted octanol–water partition coefficient (Wildman–Crippen LogP) is 5.98. The molecule has 0 saturated carbocycles. The molecular weight excluding hydrogens is 479 g/mol. The highest BCUT2D eigenvalue weighted by Gasteiger charge is 2.27. The number of carbonyl (C=O) groups excluding carboxylic acids is 1. The molecule has 0 aliphatic heterocycles. The van der Waals surface area contributed by atoms with Gasteiger partial charge in [-0.25, -0.2) is 8.42 Å². The van der Waals surface area contributed by atoms with Crippen LogP contribution in [0.1, 0.15) is 5.56 Å². The van der Waals surface area contributed by atoms with E-state index in [0.29, 0.717) is 21.3 Å². The van der Waals surface area contributed by atoms with Crippen molar-refractivity contribution in [2.75, 3.05) is 11.9 Å². The van der Waals surface area contributed by atoms with Crippen LogP contribution in [0, 0.1) is 0 Å². The second-order valence-corrected chi connectivity index (χ2v) is 10.2. The number of rotatable bonds is 7. The number of fused-ring (bicyclic) bond motifs is 1. The Labute approximate surface area is 202 Å². The van der Waals surface area contributed by atoms with Gasteiger partial charge in [0.2, 0.25) is 15.9 Å². The average molecular weight is 499 g/mol. The van der Waals surface area contributed by atoms with E-state index in [9.17, 15) is 13.2 Å². The van der Waals surface area contributed by atoms with E-state index in [4.69, 9.17) is 23.2 Å². The Balaban J connectivity index is 1.63. The van der Waals surface area contributed by atoms with Gasteiger partial charge in [0.25, 0.3) is 0 Å². The van der Waals surface area contributed by atoms with Crippen molar-refractivity contribution < 1.29 is 13.2 Å². The van der Waals surface area contributed by atoms with Crippen molar-refractivity contribution in [3.05, 3.63) is 107 Å². The summed E-state index contributed by atoms with van der Waals surface area (Å²) in [5.41, 5.74) is 1.32. The number of benzene rings is 4. The molecule has 33 heavy (non-hydrogen) atoms. The van der Waals surface area contributed by atoms with E-state index in [0.717, 1.165) is 15.1 Å². The lowest BCUT2D eigenvalue weighted by atomic mass is 10.1. The number of carbonyl (C=O) groups is 1. The summed E-state index contributed by atoms with van der Waals surface area (Å²) in [5.74, 6) is -0.446. The third kappa shape index (κ3) is 5.54. The number of hydrogen-bond donors (Lipinski definition) is 1. The summed E-state index contributed by atoms with van der Waals surface area (Å²) in [7, 11) is -3.98. The molecule has 1 N–H and O–H groups in total. The fourth-order valence-corrected chi connectivity index (χ4v) is 5.10. The summed E-state index contributed by atoms with van der Waals surface area (Å²) in [6, 6.07) is 25.9. The number of nitrogens with zero attached hydrogens (tertiary/aromatic N) is 1. The van der Waals surface area contributed by atoms with Crippen LogP contribution in [0.3, 0.4) is 0 Å². The minimum Gasteiger partial charge on any atom is -0.324 e. The summed E-state index contributed by atoms with van der Waals surface area (Å²) in [6.07, 6.45) is 0. The Morgan fingerprint density at radius 1 is 0.788 bits per heavy atom. The standard InChI is InChI=1S/C25H20Cl2N2O3S/c26-20-10-8-18(9-11-20)16-29(33(31,32)22-14-12-21(27)13-15-22)17-25(30)28-24-7-3-5-19-4-1-2-6-23(19)24/h1-15H,16-17H2,(H,28,30). The van der Waals surface area contributed by atoms with Gasteiger partial charge < -0.3 is 5.32 Å². The Hall–Kier alpha value is -2.90. The molecule has 0 heterocycles. The van der Waals surface area contributed by atoms with Crippen LogP contribution in [-0.4, -0.2) is 25.2 Å². The molecule has 4 rings (SSSR count). The number of hydrogen-bond acceptors (Lipinski definition) is 3. The highest BCUT2D eigenvalue weighted by Crippen LogP contribution is 2.24. The molecule has 0 spiro atoms. The molecular formula is C25H20Cl2N2O3S. The van der Waals surface area contributed by atoms with E-state index in [-0.39, 0.29) is 18.0 Å². The quantitative estimate of drug-likeness (QED) is 0.341. The smallest absolute Gasteiger partial charge is 0.243 e. The number of halogens is 2. The zero-order valence-electron chi connectivity index (χ0n) is 17.4. The monoisotopic (exact) mass is 498 g/mol. The van der Waals surface area contributed by atoms with Crippen LogP contribution in [0.2, 0.25) is 10.0 Å². The first-order valence-corrected chi connectivity index (χ1v) is 12.3. The average Bonchev–Trinajstić information content (AvgIpc) is 2.80. The van der Waals surface area contributed by atoms with Gasteiger partial charge in [0.1, 0.15) is 0 Å². The maximum Gasteiger partial charge on any atom is 0.243 e. The molecule has 8 heteroatoms. The summed E-state index contributed by atoms with van der Waals surface area (Å²) in [5, 5.41) is 5.67. The third-order valence-corrected chi connectivity index (χ3v) is 7.42. The summed E-state index contributed by atoms with van der Waals surface area (Å²) < 4.78 is 27.9. The maximum atomic E-state index is 13.4. The van der Waals surface area contributed by atoms with E-state index in [1.807, 2.05) is 36.4 Å². The van der Waals surface area contributed by atoms with Gasteiger partial charge in [-0.2, -0.15) is 4.31 Å². The van der Waals surface area contributed by atoms with Crippen molar-refractivity contribution in [1.29, 1.82) is 0 Å². The van der Waals surface area contributed by atoms with Gasteiger partial charge in [0.15, 0.2) is 0 Å². The summed E-state index contributed by atoms with van der Waals surface area (Å²) >= 11 is 11.9. The molecule has 0 aromatic heterocycles. The van der Waals surface area contributed by atoms with Gasteiger partial charge >= 0.3 is 0 Å². The van der Waals surface area contributed by atoms with Gasteiger partial charge in [-0.1, -0.05) is 71.7 Å². The molecule has 0 saturated heterocycles. The van der Waals surface area contributed by atoms with E-state index < -0.39 is 15.9 Å². The van der Waals surface area contributed by atoms with Crippen LogP contribution in [0.25, 0.3) is 10.8 Å². The number of sulfonamides is 1. The van der Waals surface area contributed by atoms with Crippen LogP contribution < -0.4 is 5.32 Å². The zero-order valence-corrected chi connectivity index (χ0v) is 19.7. The first kappa shape index (κ1) is 23.3. The molecule has 0 radical (unpaired) electrons. The second kappa shape index (κ2) is 9.93. The van der Waals surface area contributed by atoms with E-state index in [1.54, 1.807) is 30.3 Å². The van der Waals surface area contributed by atoms with Gasteiger partial charge in [-0.3, -0.25) is 4.79 Å². The van der Waals surface area contributed by atoms with Crippen molar-refractivity contribution >= 4 is 55.6 Å². The molecule has 4 aromatic rings. The minimum atomic E-state index is -3.98. The van der Waals surface area contributed by atoms with Crippen LogP contribution in [0.4, 0.5) is 5.69 Å². The number of amides is 1. The SMILES string of the molecule is O=C(CN(Cc1ccc(Cl)cc1)S(=O)(=O)c1ccc(Cl)cc1)Nc1cccc2ccccc12. The topological polar surface area (TPSA) is 66.5 Å². The third-order valence-electron chi connectivity index (χ3n) is 5.11. The lowest BCUT2D eigenvalue weighted by Crippen LogP contribution is -2.37. The van der Waals surface area contributed by atoms with Crippen molar-refractivity contribution in [3.63, 3.8) is 0 Å². The van der Waals surface area contributed by atoms with Crippen molar-refractivity contribution in [2.45, 2.75) is 11.4 Å². The number of nitrogens with one attached hydrogen (secondary N) is 1. The van der Waals surface area contributed by atoms with Crippen molar-refractivity contribution in [2.24, 2.45) is 0 Å². The zero-order chi connectivity index (χ0) is 23.4.